The second-order valence-electron chi connectivity index (χ2n) is 5.84. The number of pyridine rings is 1. The molecule has 1 aliphatic rings. The van der Waals surface area contributed by atoms with E-state index in [-0.39, 0.29) is 0 Å². The lowest BCUT2D eigenvalue weighted by molar-refractivity contribution is 0.581. The Hall–Kier alpha value is -1.91. The SMILES string of the molecule is CCNc1ccc(-c2c(C(C)C)cnn2C2CC2)c(F)n1. The second kappa shape index (κ2) is 5.47. The summed E-state index contributed by atoms with van der Waals surface area (Å²) in [6.07, 6.45) is 4.11. The number of rotatable bonds is 5. The zero-order valence-electron chi connectivity index (χ0n) is 12.7. The van der Waals surface area contributed by atoms with Crippen LogP contribution < -0.4 is 5.32 Å². The summed E-state index contributed by atoms with van der Waals surface area (Å²) in [6, 6.07) is 4.05. The van der Waals surface area contributed by atoms with Crippen LogP contribution in [0.15, 0.2) is 18.3 Å². The molecule has 0 aliphatic heterocycles. The van der Waals surface area contributed by atoms with E-state index >= 15 is 0 Å². The molecular formula is C16H21FN4. The molecule has 1 N–H and O–H groups in total. The van der Waals surface area contributed by atoms with E-state index in [4.69, 9.17) is 0 Å². The minimum atomic E-state index is -0.433. The summed E-state index contributed by atoms with van der Waals surface area (Å²) in [6.45, 7) is 6.90. The number of aromatic nitrogens is 3. The highest BCUT2D eigenvalue weighted by atomic mass is 19.1. The van der Waals surface area contributed by atoms with Crippen molar-refractivity contribution in [1.29, 1.82) is 0 Å². The molecule has 0 saturated heterocycles. The van der Waals surface area contributed by atoms with Gasteiger partial charge in [0, 0.05) is 12.1 Å². The molecule has 0 bridgehead atoms. The van der Waals surface area contributed by atoms with Crippen LogP contribution in [0.3, 0.4) is 0 Å². The van der Waals surface area contributed by atoms with Crippen molar-refractivity contribution in [1.82, 2.24) is 14.8 Å². The minimum Gasteiger partial charge on any atom is -0.370 e. The fourth-order valence-electron chi connectivity index (χ4n) is 2.56. The fourth-order valence-corrected chi connectivity index (χ4v) is 2.56. The van der Waals surface area contributed by atoms with Crippen LogP contribution in [0.1, 0.15) is 51.1 Å². The van der Waals surface area contributed by atoms with Crippen molar-refractivity contribution in [2.24, 2.45) is 0 Å². The molecule has 1 fully saturated rings. The Kier molecular flexibility index (Phi) is 3.66. The molecule has 2 aromatic heterocycles. The van der Waals surface area contributed by atoms with Gasteiger partial charge in [-0.1, -0.05) is 13.8 Å². The average molecular weight is 288 g/mol. The first-order chi connectivity index (χ1) is 10.1. The zero-order valence-corrected chi connectivity index (χ0v) is 12.7. The van der Waals surface area contributed by atoms with Gasteiger partial charge in [0.25, 0.3) is 0 Å². The Balaban J connectivity index is 2.08. The summed E-state index contributed by atoms with van der Waals surface area (Å²) < 4.78 is 16.4. The highest BCUT2D eigenvalue weighted by Gasteiger charge is 2.30. The minimum absolute atomic E-state index is 0.306. The van der Waals surface area contributed by atoms with Crippen LogP contribution in [0, 0.1) is 5.95 Å². The summed E-state index contributed by atoms with van der Waals surface area (Å²) in [5.74, 6) is 0.445. The maximum atomic E-state index is 14.5. The molecule has 4 nitrogen and oxygen atoms in total. The van der Waals surface area contributed by atoms with Crippen molar-refractivity contribution in [3.05, 3.63) is 29.8 Å². The standard InChI is InChI=1S/C16H21FN4/c1-4-18-14-8-7-12(16(17)20-14)15-13(10(2)3)9-19-21(15)11-5-6-11/h7-11H,4-6H2,1-3H3,(H,18,20). The van der Waals surface area contributed by atoms with E-state index in [1.165, 1.54) is 0 Å². The van der Waals surface area contributed by atoms with Gasteiger partial charge in [-0.3, -0.25) is 4.68 Å². The first kappa shape index (κ1) is 14.0. The average Bonchev–Trinajstić information content (AvgIpc) is 3.18. The monoisotopic (exact) mass is 288 g/mol. The lowest BCUT2D eigenvalue weighted by atomic mass is 10.00. The fraction of sp³-hybridized carbons (Fsp3) is 0.500. The van der Waals surface area contributed by atoms with Crippen LogP contribution in [0.5, 0.6) is 0 Å². The first-order valence-electron chi connectivity index (χ1n) is 7.60. The smallest absolute Gasteiger partial charge is 0.224 e. The van der Waals surface area contributed by atoms with Crippen LogP contribution in [0.2, 0.25) is 0 Å². The number of hydrogen-bond donors (Lipinski definition) is 1. The van der Waals surface area contributed by atoms with Gasteiger partial charge in [-0.05, 0) is 37.8 Å². The Labute approximate surface area is 124 Å². The molecule has 2 aromatic rings. The number of halogens is 1. The molecule has 0 radical (unpaired) electrons. The molecule has 21 heavy (non-hydrogen) atoms. The third-order valence-electron chi connectivity index (χ3n) is 3.80. The molecule has 0 spiro atoms. The summed E-state index contributed by atoms with van der Waals surface area (Å²) in [5.41, 5.74) is 2.52. The van der Waals surface area contributed by atoms with E-state index in [0.29, 0.717) is 23.3 Å². The lowest BCUT2D eigenvalue weighted by Crippen LogP contribution is -2.05. The van der Waals surface area contributed by atoms with E-state index in [1.54, 1.807) is 0 Å². The molecule has 0 atom stereocenters. The molecule has 0 amide bonds. The van der Waals surface area contributed by atoms with E-state index in [2.05, 4.69) is 29.2 Å². The van der Waals surface area contributed by atoms with Crippen molar-refractivity contribution in [2.75, 3.05) is 11.9 Å². The lowest BCUT2D eigenvalue weighted by Gasteiger charge is -2.12. The first-order valence-corrected chi connectivity index (χ1v) is 7.60. The number of nitrogens with one attached hydrogen (secondary N) is 1. The van der Waals surface area contributed by atoms with Crippen LogP contribution in [-0.4, -0.2) is 21.3 Å². The van der Waals surface area contributed by atoms with Crippen molar-refractivity contribution in [3.63, 3.8) is 0 Å². The van der Waals surface area contributed by atoms with Gasteiger partial charge in [0.15, 0.2) is 0 Å². The van der Waals surface area contributed by atoms with Crippen LogP contribution in [0.25, 0.3) is 11.3 Å². The van der Waals surface area contributed by atoms with Crippen molar-refractivity contribution < 1.29 is 4.39 Å². The zero-order chi connectivity index (χ0) is 15.0. The topological polar surface area (TPSA) is 42.7 Å². The van der Waals surface area contributed by atoms with E-state index < -0.39 is 5.95 Å². The maximum absolute atomic E-state index is 14.5. The molecule has 2 heterocycles. The van der Waals surface area contributed by atoms with Crippen LogP contribution >= 0.6 is 0 Å². The quantitative estimate of drug-likeness (QED) is 0.846. The van der Waals surface area contributed by atoms with Gasteiger partial charge in [0.2, 0.25) is 5.95 Å². The number of anilines is 1. The van der Waals surface area contributed by atoms with E-state index in [9.17, 15) is 4.39 Å². The Bertz CT molecular complexity index is 624. The predicted molar refractivity (Wildman–Crippen MR) is 81.9 cm³/mol. The summed E-state index contributed by atoms with van der Waals surface area (Å²) in [5, 5.41) is 7.52. The number of hydrogen-bond acceptors (Lipinski definition) is 3. The van der Waals surface area contributed by atoms with Gasteiger partial charge >= 0.3 is 0 Å². The molecule has 5 heteroatoms. The Morgan fingerprint density at radius 3 is 2.71 bits per heavy atom. The third kappa shape index (κ3) is 2.64. The second-order valence-corrected chi connectivity index (χ2v) is 5.84. The van der Waals surface area contributed by atoms with Crippen LogP contribution in [0.4, 0.5) is 10.2 Å². The van der Waals surface area contributed by atoms with Crippen LogP contribution in [-0.2, 0) is 0 Å². The molecule has 0 unspecified atom stereocenters. The molecule has 3 rings (SSSR count). The van der Waals surface area contributed by atoms with Crippen molar-refractivity contribution in [3.8, 4) is 11.3 Å². The van der Waals surface area contributed by atoms with Gasteiger partial charge in [-0.25, -0.2) is 4.98 Å². The van der Waals surface area contributed by atoms with Gasteiger partial charge in [0.05, 0.1) is 23.5 Å². The summed E-state index contributed by atoms with van der Waals surface area (Å²) in [4.78, 5) is 4.02. The van der Waals surface area contributed by atoms with Crippen molar-refractivity contribution >= 4 is 5.82 Å². The summed E-state index contributed by atoms with van der Waals surface area (Å²) >= 11 is 0. The maximum Gasteiger partial charge on any atom is 0.224 e. The number of nitrogens with zero attached hydrogens (tertiary/aromatic N) is 3. The predicted octanol–water partition coefficient (Wildman–Crippen LogP) is 3.97. The molecule has 1 aliphatic carbocycles. The Morgan fingerprint density at radius 1 is 1.38 bits per heavy atom. The van der Waals surface area contributed by atoms with Gasteiger partial charge in [0.1, 0.15) is 5.82 Å². The third-order valence-corrected chi connectivity index (χ3v) is 3.80. The highest BCUT2D eigenvalue weighted by molar-refractivity contribution is 5.65. The molecular weight excluding hydrogens is 267 g/mol. The largest absolute Gasteiger partial charge is 0.370 e. The Morgan fingerprint density at radius 2 is 2.14 bits per heavy atom. The molecule has 1 saturated carbocycles. The van der Waals surface area contributed by atoms with E-state index in [1.807, 2.05) is 29.9 Å². The van der Waals surface area contributed by atoms with Gasteiger partial charge < -0.3 is 5.32 Å². The summed E-state index contributed by atoms with van der Waals surface area (Å²) in [7, 11) is 0. The van der Waals surface area contributed by atoms with Crippen molar-refractivity contribution in [2.45, 2.75) is 45.6 Å². The van der Waals surface area contributed by atoms with Gasteiger partial charge in [-0.2, -0.15) is 9.49 Å². The normalized spacial score (nSPS) is 14.7. The molecule has 112 valence electrons. The van der Waals surface area contributed by atoms with E-state index in [0.717, 1.165) is 30.6 Å². The van der Waals surface area contributed by atoms with Gasteiger partial charge in [-0.15, -0.1) is 0 Å². The highest BCUT2D eigenvalue weighted by Crippen LogP contribution is 2.41. The molecule has 0 aromatic carbocycles.